The molecule has 2 heterocycles. The third-order valence-corrected chi connectivity index (χ3v) is 3.90. The van der Waals surface area contributed by atoms with E-state index in [9.17, 15) is 9.59 Å². The van der Waals surface area contributed by atoms with Gasteiger partial charge in [-0.2, -0.15) is 5.10 Å². The maximum atomic E-state index is 12.2. The molecule has 0 atom stereocenters. The summed E-state index contributed by atoms with van der Waals surface area (Å²) in [7, 11) is 3.44. The van der Waals surface area contributed by atoms with E-state index in [2.05, 4.69) is 15.4 Å². The SMILES string of the molecule is Cc1ccnc(NC(=O)CN(C)C(=O)C=Cc2c(C)nn(C)c2C)c1. The molecule has 2 aromatic heterocycles. The second kappa shape index (κ2) is 7.74. The Kier molecular flexibility index (Phi) is 5.69. The lowest BCUT2D eigenvalue weighted by molar-refractivity contribution is -0.129. The molecule has 0 fully saturated rings. The molecule has 2 rings (SSSR count). The average molecular weight is 341 g/mol. The number of nitrogens with one attached hydrogen (secondary N) is 1. The number of hydrogen-bond acceptors (Lipinski definition) is 4. The Morgan fingerprint density at radius 2 is 2.04 bits per heavy atom. The number of hydrogen-bond donors (Lipinski definition) is 1. The Morgan fingerprint density at radius 3 is 2.64 bits per heavy atom. The highest BCUT2D eigenvalue weighted by atomic mass is 16.2. The second-order valence-corrected chi connectivity index (χ2v) is 6.00. The van der Waals surface area contributed by atoms with Crippen molar-refractivity contribution in [1.29, 1.82) is 0 Å². The van der Waals surface area contributed by atoms with Crippen LogP contribution in [0.2, 0.25) is 0 Å². The zero-order chi connectivity index (χ0) is 18.6. The number of rotatable bonds is 5. The summed E-state index contributed by atoms with van der Waals surface area (Å²) in [4.78, 5) is 29.7. The summed E-state index contributed by atoms with van der Waals surface area (Å²) < 4.78 is 1.77. The van der Waals surface area contributed by atoms with Crippen molar-refractivity contribution in [2.24, 2.45) is 7.05 Å². The number of nitrogens with zero attached hydrogens (tertiary/aromatic N) is 4. The van der Waals surface area contributed by atoms with Gasteiger partial charge in [0.25, 0.3) is 0 Å². The van der Waals surface area contributed by atoms with Crippen LogP contribution in [0.15, 0.2) is 24.4 Å². The highest BCUT2D eigenvalue weighted by molar-refractivity contribution is 5.97. The molecule has 0 unspecified atom stereocenters. The van der Waals surface area contributed by atoms with Crippen molar-refractivity contribution in [3.8, 4) is 0 Å². The fourth-order valence-electron chi connectivity index (χ4n) is 2.39. The van der Waals surface area contributed by atoms with Gasteiger partial charge in [0, 0.05) is 37.6 Å². The van der Waals surface area contributed by atoms with Crippen molar-refractivity contribution < 1.29 is 9.59 Å². The van der Waals surface area contributed by atoms with Crippen molar-refractivity contribution in [1.82, 2.24) is 19.7 Å². The third-order valence-electron chi connectivity index (χ3n) is 3.90. The van der Waals surface area contributed by atoms with Crippen LogP contribution in [0.4, 0.5) is 5.82 Å². The smallest absolute Gasteiger partial charge is 0.246 e. The van der Waals surface area contributed by atoms with Gasteiger partial charge in [0.05, 0.1) is 12.2 Å². The predicted molar refractivity (Wildman–Crippen MR) is 97.0 cm³/mol. The van der Waals surface area contributed by atoms with Crippen LogP contribution < -0.4 is 5.32 Å². The van der Waals surface area contributed by atoms with Gasteiger partial charge in [0.1, 0.15) is 5.82 Å². The van der Waals surface area contributed by atoms with Crippen LogP contribution in [-0.4, -0.2) is 45.1 Å². The Balaban J connectivity index is 1.95. The summed E-state index contributed by atoms with van der Waals surface area (Å²) >= 11 is 0. The van der Waals surface area contributed by atoms with Crippen molar-refractivity contribution in [2.75, 3.05) is 18.9 Å². The molecule has 0 saturated carbocycles. The zero-order valence-corrected chi connectivity index (χ0v) is 15.2. The molecule has 0 aliphatic carbocycles. The maximum Gasteiger partial charge on any atom is 0.246 e. The Morgan fingerprint density at radius 1 is 1.32 bits per heavy atom. The molecule has 7 heteroatoms. The van der Waals surface area contributed by atoms with Gasteiger partial charge in [-0.05, 0) is 44.5 Å². The minimum atomic E-state index is -0.295. The molecule has 7 nitrogen and oxygen atoms in total. The molecule has 2 aromatic rings. The second-order valence-electron chi connectivity index (χ2n) is 6.00. The van der Waals surface area contributed by atoms with Crippen LogP contribution in [0.1, 0.15) is 22.5 Å². The largest absolute Gasteiger partial charge is 0.333 e. The lowest BCUT2D eigenvalue weighted by atomic mass is 10.2. The van der Waals surface area contributed by atoms with Gasteiger partial charge in [-0.15, -0.1) is 0 Å². The molecule has 2 amide bonds. The van der Waals surface area contributed by atoms with Gasteiger partial charge in [0.2, 0.25) is 11.8 Å². The Bertz CT molecular complexity index is 823. The molecular weight excluding hydrogens is 318 g/mol. The van der Waals surface area contributed by atoms with E-state index in [1.165, 1.54) is 11.0 Å². The first-order valence-electron chi connectivity index (χ1n) is 7.94. The summed E-state index contributed by atoms with van der Waals surface area (Å²) in [5.74, 6) is -0.0749. The molecule has 0 saturated heterocycles. The van der Waals surface area contributed by atoms with Gasteiger partial charge < -0.3 is 10.2 Å². The zero-order valence-electron chi connectivity index (χ0n) is 15.2. The molecule has 0 spiro atoms. The maximum absolute atomic E-state index is 12.2. The van der Waals surface area contributed by atoms with E-state index in [-0.39, 0.29) is 18.4 Å². The number of carbonyl (C=O) groups is 2. The standard InChI is InChI=1S/C18H23N5O2/c1-12-8-9-19-16(10-12)20-17(24)11-22(4)18(25)7-6-15-13(2)21-23(5)14(15)3/h6-10H,11H2,1-5H3,(H,19,20,24). The molecule has 1 N–H and O–H groups in total. The van der Waals surface area contributed by atoms with Crippen LogP contribution in [0.25, 0.3) is 6.08 Å². The van der Waals surface area contributed by atoms with Gasteiger partial charge in [-0.1, -0.05) is 0 Å². The molecule has 0 aliphatic rings. The monoisotopic (exact) mass is 341 g/mol. The summed E-state index contributed by atoms with van der Waals surface area (Å²) in [6.45, 7) is 5.70. The summed E-state index contributed by atoms with van der Waals surface area (Å²) in [5.41, 5.74) is 3.75. The van der Waals surface area contributed by atoms with Gasteiger partial charge >= 0.3 is 0 Å². The van der Waals surface area contributed by atoms with Crippen molar-refractivity contribution in [2.45, 2.75) is 20.8 Å². The fourth-order valence-corrected chi connectivity index (χ4v) is 2.39. The number of pyridine rings is 1. The molecule has 0 bridgehead atoms. The molecule has 0 aromatic carbocycles. The number of carbonyl (C=O) groups excluding carboxylic acids is 2. The lowest BCUT2D eigenvalue weighted by Crippen LogP contribution is -2.34. The van der Waals surface area contributed by atoms with Crippen molar-refractivity contribution >= 4 is 23.7 Å². The lowest BCUT2D eigenvalue weighted by Gasteiger charge is -2.14. The number of amides is 2. The van der Waals surface area contributed by atoms with Crippen LogP contribution in [-0.2, 0) is 16.6 Å². The minimum absolute atomic E-state index is 0.0518. The van der Waals surface area contributed by atoms with Gasteiger partial charge in [-0.3, -0.25) is 14.3 Å². The summed E-state index contributed by atoms with van der Waals surface area (Å²) in [6, 6.07) is 3.62. The van der Waals surface area contributed by atoms with E-state index in [0.29, 0.717) is 5.82 Å². The molecule has 0 radical (unpaired) electrons. The van der Waals surface area contributed by atoms with Crippen LogP contribution in [0, 0.1) is 20.8 Å². The first-order chi connectivity index (χ1) is 11.8. The van der Waals surface area contributed by atoms with Crippen molar-refractivity contribution in [3.63, 3.8) is 0 Å². The molecule has 25 heavy (non-hydrogen) atoms. The first-order valence-corrected chi connectivity index (χ1v) is 7.94. The normalized spacial score (nSPS) is 10.9. The predicted octanol–water partition coefficient (Wildman–Crippen LogP) is 1.85. The molecule has 0 aliphatic heterocycles. The summed E-state index contributed by atoms with van der Waals surface area (Å²) in [5, 5.41) is 6.99. The number of likely N-dealkylation sites (N-methyl/N-ethyl adjacent to an activating group) is 1. The highest BCUT2D eigenvalue weighted by Gasteiger charge is 2.12. The summed E-state index contributed by atoms with van der Waals surface area (Å²) in [6.07, 6.45) is 4.81. The number of aryl methyl sites for hydroxylation is 3. The van der Waals surface area contributed by atoms with E-state index >= 15 is 0 Å². The van der Waals surface area contributed by atoms with Crippen LogP contribution in [0.3, 0.4) is 0 Å². The van der Waals surface area contributed by atoms with E-state index in [4.69, 9.17) is 0 Å². The van der Waals surface area contributed by atoms with Crippen LogP contribution >= 0.6 is 0 Å². The minimum Gasteiger partial charge on any atom is -0.333 e. The number of anilines is 1. The molecule has 132 valence electrons. The van der Waals surface area contributed by atoms with Crippen LogP contribution in [0.5, 0.6) is 0 Å². The Hall–Kier alpha value is -2.96. The first kappa shape index (κ1) is 18.4. The van der Waals surface area contributed by atoms with Gasteiger partial charge in [-0.25, -0.2) is 4.98 Å². The fraction of sp³-hybridized carbons (Fsp3) is 0.333. The van der Waals surface area contributed by atoms with E-state index in [1.807, 2.05) is 33.9 Å². The van der Waals surface area contributed by atoms with E-state index in [0.717, 1.165) is 22.5 Å². The Labute approximate surface area is 147 Å². The van der Waals surface area contributed by atoms with E-state index < -0.39 is 0 Å². The topological polar surface area (TPSA) is 80.1 Å². The highest BCUT2D eigenvalue weighted by Crippen LogP contribution is 2.13. The third kappa shape index (κ3) is 4.76. The van der Waals surface area contributed by atoms with E-state index in [1.54, 1.807) is 30.1 Å². The number of aromatic nitrogens is 3. The quantitative estimate of drug-likeness (QED) is 0.842. The van der Waals surface area contributed by atoms with Crippen molar-refractivity contribution in [3.05, 3.63) is 46.9 Å². The average Bonchev–Trinajstić information content (AvgIpc) is 2.77. The van der Waals surface area contributed by atoms with Gasteiger partial charge in [0.15, 0.2) is 0 Å². The molecular formula is C18H23N5O2.